The Labute approximate surface area is 130 Å². The van der Waals surface area contributed by atoms with Crippen LogP contribution in [-0.4, -0.2) is 11.5 Å². The van der Waals surface area contributed by atoms with E-state index in [4.69, 9.17) is 9.47 Å². The first-order chi connectivity index (χ1) is 10.1. The molecule has 0 atom stereocenters. The second kappa shape index (κ2) is 7.08. The molecule has 5 nitrogen and oxygen atoms in total. The Bertz CT molecular complexity index is 628. The first kappa shape index (κ1) is 15.3. The summed E-state index contributed by atoms with van der Waals surface area (Å²) < 4.78 is 11.0. The van der Waals surface area contributed by atoms with Crippen molar-refractivity contribution in [3.8, 4) is 17.2 Å². The molecule has 0 bridgehead atoms. The first-order valence-electron chi connectivity index (χ1n) is 6.38. The highest BCUT2D eigenvalue weighted by molar-refractivity contribution is 9.08. The Kier molecular flexibility index (Phi) is 5.16. The lowest BCUT2D eigenvalue weighted by atomic mass is 10.2. The number of hydrogen-bond donors (Lipinski definition) is 0. The van der Waals surface area contributed by atoms with Gasteiger partial charge in [-0.15, -0.1) is 0 Å². The van der Waals surface area contributed by atoms with Gasteiger partial charge in [-0.05, 0) is 43.3 Å². The summed E-state index contributed by atoms with van der Waals surface area (Å²) in [5.74, 6) is 1.97. The molecular formula is C15H14BrNO4. The van der Waals surface area contributed by atoms with Gasteiger partial charge in [0.1, 0.15) is 17.2 Å². The molecule has 2 aromatic rings. The highest BCUT2D eigenvalue weighted by Crippen LogP contribution is 2.29. The molecule has 0 aliphatic heterocycles. The van der Waals surface area contributed by atoms with E-state index in [1.165, 1.54) is 6.07 Å². The van der Waals surface area contributed by atoms with E-state index < -0.39 is 4.92 Å². The van der Waals surface area contributed by atoms with Crippen molar-refractivity contribution in [3.05, 3.63) is 58.1 Å². The number of hydrogen-bond acceptors (Lipinski definition) is 4. The van der Waals surface area contributed by atoms with Crippen LogP contribution in [0.5, 0.6) is 17.2 Å². The Morgan fingerprint density at radius 2 is 1.71 bits per heavy atom. The van der Waals surface area contributed by atoms with E-state index >= 15 is 0 Å². The van der Waals surface area contributed by atoms with Gasteiger partial charge in [0.25, 0.3) is 5.69 Å². The molecule has 0 aliphatic carbocycles. The smallest absolute Gasteiger partial charge is 0.273 e. The van der Waals surface area contributed by atoms with Crippen molar-refractivity contribution in [1.29, 1.82) is 0 Å². The predicted molar refractivity (Wildman–Crippen MR) is 83.4 cm³/mol. The Hall–Kier alpha value is -2.08. The molecule has 2 rings (SSSR count). The summed E-state index contributed by atoms with van der Waals surface area (Å²) in [5.41, 5.74) is 0.648. The zero-order chi connectivity index (χ0) is 15.2. The van der Waals surface area contributed by atoms with Crippen LogP contribution >= 0.6 is 15.9 Å². The largest absolute Gasteiger partial charge is 0.494 e. The van der Waals surface area contributed by atoms with E-state index in [0.29, 0.717) is 29.0 Å². The molecule has 0 unspecified atom stereocenters. The molecule has 0 spiro atoms. The zero-order valence-electron chi connectivity index (χ0n) is 11.4. The Balaban J connectivity index is 2.17. The van der Waals surface area contributed by atoms with Gasteiger partial charge in [0.15, 0.2) is 0 Å². The fourth-order valence-corrected chi connectivity index (χ4v) is 2.27. The number of nitrogens with zero attached hydrogens (tertiary/aromatic N) is 1. The van der Waals surface area contributed by atoms with Crippen molar-refractivity contribution in [3.63, 3.8) is 0 Å². The number of rotatable bonds is 6. The van der Waals surface area contributed by atoms with Crippen molar-refractivity contribution in [2.45, 2.75) is 12.3 Å². The van der Waals surface area contributed by atoms with Gasteiger partial charge in [0.2, 0.25) is 0 Å². The topological polar surface area (TPSA) is 61.6 Å². The highest BCUT2D eigenvalue weighted by atomic mass is 79.9. The second-order valence-corrected chi connectivity index (χ2v) is 4.75. The van der Waals surface area contributed by atoms with E-state index in [2.05, 4.69) is 15.9 Å². The molecule has 0 radical (unpaired) electrons. The summed E-state index contributed by atoms with van der Waals surface area (Å²) in [6.45, 7) is 2.53. The number of nitro benzene ring substituents is 1. The average molecular weight is 352 g/mol. The van der Waals surface area contributed by atoms with Gasteiger partial charge in [-0.2, -0.15) is 0 Å². The second-order valence-electron chi connectivity index (χ2n) is 4.19. The van der Waals surface area contributed by atoms with Gasteiger partial charge in [0, 0.05) is 17.0 Å². The molecule has 0 amide bonds. The van der Waals surface area contributed by atoms with Crippen LogP contribution in [0.1, 0.15) is 12.5 Å². The number of nitro groups is 1. The summed E-state index contributed by atoms with van der Waals surface area (Å²) in [5, 5.41) is 11.3. The van der Waals surface area contributed by atoms with Gasteiger partial charge in [-0.1, -0.05) is 15.9 Å². The maximum Gasteiger partial charge on any atom is 0.273 e. The van der Waals surface area contributed by atoms with Crippen LogP contribution in [0.3, 0.4) is 0 Å². The molecule has 21 heavy (non-hydrogen) atoms. The fraction of sp³-hybridized carbons (Fsp3) is 0.200. The maximum absolute atomic E-state index is 10.9. The monoisotopic (exact) mass is 351 g/mol. The molecular weight excluding hydrogens is 338 g/mol. The van der Waals surface area contributed by atoms with E-state index in [9.17, 15) is 10.1 Å². The molecule has 0 fully saturated rings. The van der Waals surface area contributed by atoms with Crippen LogP contribution in [0.15, 0.2) is 42.5 Å². The maximum atomic E-state index is 10.9. The molecule has 2 aromatic carbocycles. The molecule has 0 N–H and O–H groups in total. The third kappa shape index (κ3) is 3.95. The van der Waals surface area contributed by atoms with Crippen LogP contribution in [0.2, 0.25) is 0 Å². The van der Waals surface area contributed by atoms with Crippen molar-refractivity contribution in [1.82, 2.24) is 0 Å². The van der Waals surface area contributed by atoms with Crippen LogP contribution in [0, 0.1) is 10.1 Å². The molecule has 6 heteroatoms. The van der Waals surface area contributed by atoms with Crippen LogP contribution in [0.4, 0.5) is 5.69 Å². The molecule has 110 valence electrons. The number of benzene rings is 2. The molecule has 0 aromatic heterocycles. The third-order valence-corrected chi connectivity index (χ3v) is 3.37. The third-order valence-electron chi connectivity index (χ3n) is 2.76. The standard InChI is InChI=1S/C15H14BrNO4/c1-2-20-12-3-5-13(6-4-12)21-14-7-8-15(17(18)19)11(9-14)10-16/h3-9H,2,10H2,1H3. The summed E-state index contributed by atoms with van der Waals surface area (Å²) in [7, 11) is 0. The summed E-state index contributed by atoms with van der Waals surface area (Å²) in [6.07, 6.45) is 0. The van der Waals surface area contributed by atoms with Crippen molar-refractivity contribution in [2.24, 2.45) is 0 Å². The average Bonchev–Trinajstić information content (AvgIpc) is 2.49. The number of alkyl halides is 1. The lowest BCUT2D eigenvalue weighted by Gasteiger charge is -2.08. The Morgan fingerprint density at radius 3 is 2.29 bits per heavy atom. The minimum absolute atomic E-state index is 0.0749. The van der Waals surface area contributed by atoms with Gasteiger partial charge >= 0.3 is 0 Å². The van der Waals surface area contributed by atoms with Crippen molar-refractivity contribution >= 4 is 21.6 Å². The van der Waals surface area contributed by atoms with Crippen molar-refractivity contribution < 1.29 is 14.4 Å². The van der Waals surface area contributed by atoms with Gasteiger partial charge < -0.3 is 9.47 Å². The minimum atomic E-state index is -0.406. The fourth-order valence-electron chi connectivity index (χ4n) is 1.82. The van der Waals surface area contributed by atoms with E-state index in [1.807, 2.05) is 19.1 Å². The van der Waals surface area contributed by atoms with Crippen LogP contribution in [-0.2, 0) is 5.33 Å². The first-order valence-corrected chi connectivity index (χ1v) is 7.50. The highest BCUT2D eigenvalue weighted by Gasteiger charge is 2.13. The molecule has 0 heterocycles. The quantitative estimate of drug-likeness (QED) is 0.430. The number of ether oxygens (including phenoxy) is 2. The van der Waals surface area contributed by atoms with Gasteiger partial charge in [-0.3, -0.25) is 10.1 Å². The lowest BCUT2D eigenvalue weighted by Crippen LogP contribution is -1.94. The van der Waals surface area contributed by atoms with E-state index in [-0.39, 0.29) is 5.69 Å². The van der Waals surface area contributed by atoms with Crippen LogP contribution in [0.25, 0.3) is 0 Å². The van der Waals surface area contributed by atoms with E-state index in [0.717, 1.165) is 5.75 Å². The normalized spacial score (nSPS) is 10.2. The molecule has 0 aliphatic rings. The molecule has 0 saturated heterocycles. The van der Waals surface area contributed by atoms with Crippen molar-refractivity contribution in [2.75, 3.05) is 6.61 Å². The predicted octanol–water partition coefficient (Wildman–Crippen LogP) is 4.68. The van der Waals surface area contributed by atoms with Gasteiger partial charge in [-0.25, -0.2) is 0 Å². The zero-order valence-corrected chi connectivity index (χ0v) is 13.0. The SMILES string of the molecule is CCOc1ccc(Oc2ccc([N+](=O)[O-])c(CBr)c2)cc1. The molecule has 0 saturated carbocycles. The minimum Gasteiger partial charge on any atom is -0.494 e. The summed E-state index contributed by atoms with van der Waals surface area (Å²) in [6, 6.07) is 11.9. The van der Waals surface area contributed by atoms with Gasteiger partial charge in [0.05, 0.1) is 11.5 Å². The summed E-state index contributed by atoms with van der Waals surface area (Å²) in [4.78, 5) is 10.5. The van der Waals surface area contributed by atoms with Crippen LogP contribution < -0.4 is 9.47 Å². The lowest BCUT2D eigenvalue weighted by molar-refractivity contribution is -0.385. The van der Waals surface area contributed by atoms with E-state index in [1.54, 1.807) is 24.3 Å². The number of halogens is 1. The summed E-state index contributed by atoms with van der Waals surface area (Å²) >= 11 is 3.25. The Morgan fingerprint density at radius 1 is 1.10 bits per heavy atom.